The van der Waals surface area contributed by atoms with E-state index in [-0.39, 0.29) is 0 Å². The summed E-state index contributed by atoms with van der Waals surface area (Å²) in [5.41, 5.74) is 0.873. The molecule has 0 aliphatic heterocycles. The van der Waals surface area contributed by atoms with Gasteiger partial charge in [0.2, 0.25) is 0 Å². The molecule has 0 amide bonds. The average molecular weight is 213 g/mol. The first-order valence-electron chi connectivity index (χ1n) is 6.43. The Morgan fingerprint density at radius 3 is 1.80 bits per heavy atom. The van der Waals surface area contributed by atoms with Gasteiger partial charge in [0.05, 0.1) is 0 Å². The summed E-state index contributed by atoms with van der Waals surface area (Å²) >= 11 is 0. The molecule has 0 fully saturated rings. The Morgan fingerprint density at radius 1 is 0.867 bits per heavy atom. The summed E-state index contributed by atoms with van der Waals surface area (Å²) in [5, 5.41) is 11.2. The van der Waals surface area contributed by atoms with E-state index in [0.717, 1.165) is 16.9 Å². The van der Waals surface area contributed by atoms with Crippen molar-refractivity contribution in [2.45, 2.75) is 72.1 Å². The molecule has 0 aromatic heterocycles. The molecule has 15 heavy (non-hydrogen) atoms. The zero-order valence-electron chi connectivity index (χ0n) is 10.7. The summed E-state index contributed by atoms with van der Waals surface area (Å²) in [7, 11) is 0. The Morgan fingerprint density at radius 2 is 1.33 bits per heavy atom. The molecule has 2 heteroatoms. The Hall–Kier alpha value is -0.530. The topological polar surface area (TPSA) is 26.1 Å². The lowest BCUT2D eigenvalue weighted by Crippen LogP contribution is -2.11. The van der Waals surface area contributed by atoms with Crippen LogP contribution < -0.4 is 0 Å². The highest BCUT2D eigenvalue weighted by molar-refractivity contribution is 5.73. The molecular weight excluding hydrogens is 186 g/mol. The summed E-state index contributed by atoms with van der Waals surface area (Å²) in [5.74, 6) is 0. The third-order valence-corrected chi connectivity index (χ3v) is 2.71. The highest BCUT2D eigenvalue weighted by atomic mass is 16.5. The van der Waals surface area contributed by atoms with Crippen LogP contribution in [-0.4, -0.2) is 17.0 Å². The second-order valence-electron chi connectivity index (χ2n) is 4.52. The first-order valence-corrected chi connectivity index (χ1v) is 6.43. The Labute approximate surface area is 95.0 Å². The second kappa shape index (κ2) is 10.0. The summed E-state index contributed by atoms with van der Waals surface area (Å²) in [6.07, 6.45) is 10.3. The van der Waals surface area contributed by atoms with Crippen LogP contribution in [0.1, 0.15) is 72.1 Å². The maximum absolute atomic E-state index is 11.2. The van der Waals surface area contributed by atoms with Crippen molar-refractivity contribution in [3.05, 3.63) is 5.21 Å². The number of hydrogen-bond donors (Lipinski definition) is 0. The van der Waals surface area contributed by atoms with E-state index in [1.165, 1.54) is 44.9 Å². The van der Waals surface area contributed by atoms with Gasteiger partial charge in [-0.3, -0.25) is 0 Å². The molecule has 0 aliphatic carbocycles. The van der Waals surface area contributed by atoms with Gasteiger partial charge in [0.25, 0.3) is 0 Å². The monoisotopic (exact) mass is 213 g/mol. The van der Waals surface area contributed by atoms with Crippen molar-refractivity contribution in [2.75, 3.05) is 6.54 Å². The van der Waals surface area contributed by atoms with E-state index in [9.17, 15) is 5.21 Å². The van der Waals surface area contributed by atoms with Gasteiger partial charge in [-0.05, 0) is 6.42 Å². The first kappa shape index (κ1) is 14.5. The zero-order chi connectivity index (χ0) is 11.5. The van der Waals surface area contributed by atoms with E-state index in [1.807, 2.05) is 13.8 Å². The molecular formula is C13H27NO. The molecule has 0 atom stereocenters. The molecule has 0 saturated heterocycles. The number of hydroxylamine groups is 1. The Balaban J connectivity index is 3.15. The maximum atomic E-state index is 11.2. The molecule has 0 spiro atoms. The van der Waals surface area contributed by atoms with Crippen molar-refractivity contribution in [1.29, 1.82) is 0 Å². The number of nitrogens with zero attached hydrogens (tertiary/aromatic N) is 1. The minimum atomic E-state index is 0.678. The SMILES string of the molecule is CCCCCCCCCC[N+]([O-])=C(C)C. The van der Waals surface area contributed by atoms with Crippen LogP contribution in [0.2, 0.25) is 0 Å². The lowest BCUT2D eigenvalue weighted by Gasteiger charge is -2.05. The van der Waals surface area contributed by atoms with Crippen LogP contribution in [-0.2, 0) is 0 Å². The predicted octanol–water partition coefficient (Wildman–Crippen LogP) is 4.12. The normalized spacial score (nSPS) is 10.3. The molecule has 90 valence electrons. The summed E-state index contributed by atoms with van der Waals surface area (Å²) in [4.78, 5) is 0. The van der Waals surface area contributed by atoms with Crippen molar-refractivity contribution >= 4 is 5.71 Å². The van der Waals surface area contributed by atoms with Crippen LogP contribution in [0, 0.1) is 5.21 Å². The van der Waals surface area contributed by atoms with Gasteiger partial charge in [-0.1, -0.05) is 45.4 Å². The van der Waals surface area contributed by atoms with E-state index >= 15 is 0 Å². The van der Waals surface area contributed by atoms with Crippen LogP contribution in [0.4, 0.5) is 0 Å². The standard InChI is InChI=1S/C13H27NO/c1-4-5-6-7-8-9-10-11-12-14(15)13(2)3/h4-12H2,1-3H3. The van der Waals surface area contributed by atoms with Crippen molar-refractivity contribution in [1.82, 2.24) is 0 Å². The van der Waals surface area contributed by atoms with Gasteiger partial charge < -0.3 is 5.21 Å². The number of rotatable bonds is 9. The Kier molecular flexibility index (Phi) is 9.65. The molecule has 0 saturated carbocycles. The van der Waals surface area contributed by atoms with Gasteiger partial charge in [-0.25, -0.2) is 4.74 Å². The first-order chi connectivity index (χ1) is 7.18. The molecule has 0 rings (SSSR count). The Bertz CT molecular complexity index is 171. The summed E-state index contributed by atoms with van der Waals surface area (Å²) in [6, 6.07) is 0. The fourth-order valence-corrected chi connectivity index (χ4v) is 1.61. The summed E-state index contributed by atoms with van der Waals surface area (Å²) in [6.45, 7) is 6.67. The van der Waals surface area contributed by atoms with E-state index in [0.29, 0.717) is 6.54 Å². The third kappa shape index (κ3) is 9.77. The van der Waals surface area contributed by atoms with Crippen LogP contribution >= 0.6 is 0 Å². The average Bonchev–Trinajstić information content (AvgIpc) is 2.21. The molecule has 0 radical (unpaired) electrons. The molecule has 0 unspecified atom stereocenters. The van der Waals surface area contributed by atoms with E-state index in [1.54, 1.807) is 0 Å². The van der Waals surface area contributed by atoms with Crippen LogP contribution in [0.3, 0.4) is 0 Å². The number of hydrogen-bond acceptors (Lipinski definition) is 1. The largest absolute Gasteiger partial charge is 0.624 e. The van der Waals surface area contributed by atoms with Gasteiger partial charge in [0.1, 0.15) is 0 Å². The molecule has 0 aromatic carbocycles. The smallest absolute Gasteiger partial charge is 0.157 e. The highest BCUT2D eigenvalue weighted by Gasteiger charge is 1.97. The van der Waals surface area contributed by atoms with Gasteiger partial charge >= 0.3 is 0 Å². The van der Waals surface area contributed by atoms with Gasteiger partial charge in [-0.15, -0.1) is 0 Å². The van der Waals surface area contributed by atoms with E-state index in [2.05, 4.69) is 6.92 Å². The molecule has 0 aliphatic rings. The highest BCUT2D eigenvalue weighted by Crippen LogP contribution is 2.08. The van der Waals surface area contributed by atoms with Gasteiger partial charge in [-0.2, -0.15) is 0 Å². The summed E-state index contributed by atoms with van der Waals surface area (Å²) < 4.78 is 1.11. The van der Waals surface area contributed by atoms with Crippen molar-refractivity contribution < 1.29 is 4.74 Å². The zero-order valence-corrected chi connectivity index (χ0v) is 10.7. The molecule has 2 nitrogen and oxygen atoms in total. The predicted molar refractivity (Wildman–Crippen MR) is 67.5 cm³/mol. The molecule has 0 heterocycles. The van der Waals surface area contributed by atoms with Gasteiger partial charge in [0, 0.05) is 20.3 Å². The van der Waals surface area contributed by atoms with Gasteiger partial charge in [0.15, 0.2) is 12.3 Å². The molecule has 0 bridgehead atoms. The van der Waals surface area contributed by atoms with Crippen LogP contribution in [0.5, 0.6) is 0 Å². The lowest BCUT2D eigenvalue weighted by molar-refractivity contribution is -0.459. The second-order valence-corrected chi connectivity index (χ2v) is 4.52. The van der Waals surface area contributed by atoms with Crippen molar-refractivity contribution in [3.8, 4) is 0 Å². The van der Waals surface area contributed by atoms with Crippen LogP contribution in [0.15, 0.2) is 0 Å². The lowest BCUT2D eigenvalue weighted by atomic mass is 10.1. The quantitative estimate of drug-likeness (QED) is 0.186. The van der Waals surface area contributed by atoms with E-state index in [4.69, 9.17) is 0 Å². The van der Waals surface area contributed by atoms with Crippen LogP contribution in [0.25, 0.3) is 0 Å². The van der Waals surface area contributed by atoms with Crippen molar-refractivity contribution in [3.63, 3.8) is 0 Å². The minimum absolute atomic E-state index is 0.678. The fraction of sp³-hybridized carbons (Fsp3) is 0.923. The number of unbranched alkanes of at least 4 members (excludes halogenated alkanes) is 7. The van der Waals surface area contributed by atoms with Crippen molar-refractivity contribution in [2.24, 2.45) is 0 Å². The molecule has 0 aromatic rings. The minimum Gasteiger partial charge on any atom is -0.624 e. The molecule has 0 N–H and O–H groups in total. The fourth-order valence-electron chi connectivity index (χ4n) is 1.61. The third-order valence-electron chi connectivity index (χ3n) is 2.71. The maximum Gasteiger partial charge on any atom is 0.157 e. The van der Waals surface area contributed by atoms with E-state index < -0.39 is 0 Å².